The standard InChI is InChI=1S/C17H28N4OS/c1-5-18-17(20-12-16(22)21(3)4)19-10-11-23-13-15-8-6-14(2)7-9-15/h6-9H,5,10-13H2,1-4H3,(H2,18,19,20). The summed E-state index contributed by atoms with van der Waals surface area (Å²) in [5.41, 5.74) is 2.64. The fourth-order valence-electron chi connectivity index (χ4n) is 1.75. The molecule has 1 aromatic rings. The Hall–Kier alpha value is -1.69. The SMILES string of the molecule is CCNC(=NCC(=O)N(C)C)NCCSCc1ccc(C)cc1. The van der Waals surface area contributed by atoms with Crippen LogP contribution < -0.4 is 10.6 Å². The van der Waals surface area contributed by atoms with Crippen molar-refractivity contribution in [3.63, 3.8) is 0 Å². The molecule has 128 valence electrons. The Bertz CT molecular complexity index is 500. The van der Waals surface area contributed by atoms with Gasteiger partial charge in [-0.25, -0.2) is 4.99 Å². The first-order valence-electron chi connectivity index (χ1n) is 7.88. The van der Waals surface area contributed by atoms with Gasteiger partial charge in [0, 0.05) is 38.7 Å². The van der Waals surface area contributed by atoms with Crippen LogP contribution in [0.1, 0.15) is 18.1 Å². The number of carbonyl (C=O) groups is 1. The molecular weight excluding hydrogens is 308 g/mol. The molecule has 0 saturated heterocycles. The predicted molar refractivity (Wildman–Crippen MR) is 100 cm³/mol. The lowest BCUT2D eigenvalue weighted by Crippen LogP contribution is -2.39. The van der Waals surface area contributed by atoms with Gasteiger partial charge in [0.2, 0.25) is 5.91 Å². The van der Waals surface area contributed by atoms with Gasteiger partial charge in [-0.15, -0.1) is 0 Å². The highest BCUT2D eigenvalue weighted by Gasteiger charge is 2.03. The Morgan fingerprint density at radius 2 is 1.91 bits per heavy atom. The second kappa shape index (κ2) is 10.9. The Balaban J connectivity index is 2.28. The number of hydrogen-bond acceptors (Lipinski definition) is 3. The lowest BCUT2D eigenvalue weighted by molar-refractivity contribution is -0.127. The maximum absolute atomic E-state index is 11.6. The maximum Gasteiger partial charge on any atom is 0.243 e. The zero-order chi connectivity index (χ0) is 17.1. The van der Waals surface area contributed by atoms with Gasteiger partial charge in [0.15, 0.2) is 5.96 Å². The van der Waals surface area contributed by atoms with Crippen LogP contribution in [-0.4, -0.2) is 56.2 Å². The van der Waals surface area contributed by atoms with Gasteiger partial charge < -0.3 is 15.5 Å². The summed E-state index contributed by atoms with van der Waals surface area (Å²) in [4.78, 5) is 17.4. The fourth-order valence-corrected chi connectivity index (χ4v) is 2.56. The summed E-state index contributed by atoms with van der Waals surface area (Å²) in [5, 5.41) is 6.41. The lowest BCUT2D eigenvalue weighted by Gasteiger charge is -2.12. The quantitative estimate of drug-likeness (QED) is 0.432. The second-order valence-corrected chi connectivity index (χ2v) is 6.55. The van der Waals surface area contributed by atoms with Crippen molar-refractivity contribution in [1.82, 2.24) is 15.5 Å². The minimum Gasteiger partial charge on any atom is -0.357 e. The van der Waals surface area contributed by atoms with Crippen molar-refractivity contribution in [1.29, 1.82) is 0 Å². The van der Waals surface area contributed by atoms with E-state index in [1.807, 2.05) is 18.7 Å². The molecule has 0 aromatic heterocycles. The molecule has 1 rings (SSSR count). The Labute approximate surface area is 143 Å². The number of hydrogen-bond donors (Lipinski definition) is 2. The molecule has 0 bridgehead atoms. The number of aliphatic imine (C=N–C) groups is 1. The van der Waals surface area contributed by atoms with E-state index in [9.17, 15) is 4.79 Å². The van der Waals surface area contributed by atoms with Crippen molar-refractivity contribution in [3.8, 4) is 0 Å². The number of benzene rings is 1. The first-order valence-corrected chi connectivity index (χ1v) is 9.04. The maximum atomic E-state index is 11.6. The molecule has 0 fully saturated rings. The number of nitrogens with one attached hydrogen (secondary N) is 2. The highest BCUT2D eigenvalue weighted by molar-refractivity contribution is 7.98. The summed E-state index contributed by atoms with van der Waals surface area (Å²) in [7, 11) is 3.47. The molecule has 2 N–H and O–H groups in total. The number of aryl methyl sites for hydroxylation is 1. The number of carbonyl (C=O) groups excluding carboxylic acids is 1. The van der Waals surface area contributed by atoms with Gasteiger partial charge in [0.05, 0.1) is 0 Å². The van der Waals surface area contributed by atoms with Gasteiger partial charge in [-0.3, -0.25) is 4.79 Å². The van der Waals surface area contributed by atoms with Gasteiger partial charge in [-0.1, -0.05) is 29.8 Å². The minimum absolute atomic E-state index is 0.00375. The normalized spacial score (nSPS) is 11.2. The predicted octanol–water partition coefficient (Wildman–Crippen LogP) is 1.87. The van der Waals surface area contributed by atoms with E-state index in [0.717, 1.165) is 24.6 Å². The number of thioether (sulfide) groups is 1. The van der Waals surface area contributed by atoms with Gasteiger partial charge in [-0.05, 0) is 19.4 Å². The topological polar surface area (TPSA) is 56.7 Å². The van der Waals surface area contributed by atoms with Gasteiger partial charge in [-0.2, -0.15) is 11.8 Å². The molecule has 5 nitrogen and oxygen atoms in total. The summed E-state index contributed by atoms with van der Waals surface area (Å²) in [6.45, 7) is 5.87. The van der Waals surface area contributed by atoms with Crippen LogP contribution in [0.15, 0.2) is 29.3 Å². The highest BCUT2D eigenvalue weighted by Crippen LogP contribution is 2.12. The molecule has 0 saturated carbocycles. The molecule has 0 spiro atoms. The van der Waals surface area contributed by atoms with Crippen LogP contribution in [0, 0.1) is 6.92 Å². The number of nitrogens with zero attached hydrogens (tertiary/aromatic N) is 2. The smallest absolute Gasteiger partial charge is 0.243 e. The molecule has 0 heterocycles. The van der Waals surface area contributed by atoms with E-state index in [4.69, 9.17) is 0 Å². The summed E-state index contributed by atoms with van der Waals surface area (Å²) in [6.07, 6.45) is 0. The van der Waals surface area contributed by atoms with E-state index in [2.05, 4.69) is 46.8 Å². The van der Waals surface area contributed by atoms with Crippen LogP contribution in [-0.2, 0) is 10.5 Å². The van der Waals surface area contributed by atoms with Crippen LogP contribution in [0.4, 0.5) is 0 Å². The molecule has 0 aliphatic heterocycles. The van der Waals surface area contributed by atoms with E-state index < -0.39 is 0 Å². The summed E-state index contributed by atoms with van der Waals surface area (Å²) in [5.74, 6) is 2.68. The lowest BCUT2D eigenvalue weighted by atomic mass is 10.2. The first-order chi connectivity index (χ1) is 11.0. The molecule has 1 aromatic carbocycles. The number of guanidine groups is 1. The van der Waals surface area contributed by atoms with Gasteiger partial charge >= 0.3 is 0 Å². The largest absolute Gasteiger partial charge is 0.357 e. The Kier molecular flexibility index (Phi) is 9.21. The minimum atomic E-state index is -0.00375. The van der Waals surface area contributed by atoms with Crippen molar-refractivity contribution in [2.45, 2.75) is 19.6 Å². The molecule has 0 atom stereocenters. The van der Waals surface area contributed by atoms with Crippen molar-refractivity contribution < 1.29 is 4.79 Å². The number of amides is 1. The zero-order valence-corrected chi connectivity index (χ0v) is 15.4. The number of rotatable bonds is 8. The van der Waals surface area contributed by atoms with Crippen LogP contribution in [0.25, 0.3) is 0 Å². The van der Waals surface area contributed by atoms with Crippen molar-refractivity contribution in [2.24, 2.45) is 4.99 Å². The molecule has 0 aliphatic carbocycles. The van der Waals surface area contributed by atoms with Gasteiger partial charge in [0.25, 0.3) is 0 Å². The molecule has 0 radical (unpaired) electrons. The van der Waals surface area contributed by atoms with E-state index >= 15 is 0 Å². The van der Waals surface area contributed by atoms with E-state index in [1.165, 1.54) is 11.1 Å². The van der Waals surface area contributed by atoms with Crippen molar-refractivity contribution in [2.75, 3.05) is 39.5 Å². The van der Waals surface area contributed by atoms with Crippen molar-refractivity contribution in [3.05, 3.63) is 35.4 Å². The summed E-state index contributed by atoms with van der Waals surface area (Å²) in [6, 6.07) is 8.64. The molecular formula is C17H28N4OS. The average molecular weight is 337 g/mol. The number of likely N-dealkylation sites (N-methyl/N-ethyl adjacent to an activating group) is 1. The van der Waals surface area contributed by atoms with Crippen LogP contribution in [0.3, 0.4) is 0 Å². The van der Waals surface area contributed by atoms with Crippen LogP contribution in [0.5, 0.6) is 0 Å². The highest BCUT2D eigenvalue weighted by atomic mass is 32.2. The van der Waals surface area contributed by atoms with E-state index in [-0.39, 0.29) is 12.5 Å². The van der Waals surface area contributed by atoms with E-state index in [0.29, 0.717) is 5.96 Å². The third-order valence-electron chi connectivity index (χ3n) is 3.14. The Morgan fingerprint density at radius 1 is 1.22 bits per heavy atom. The molecule has 0 unspecified atom stereocenters. The average Bonchev–Trinajstić information content (AvgIpc) is 2.53. The van der Waals surface area contributed by atoms with Crippen LogP contribution in [0.2, 0.25) is 0 Å². The molecule has 23 heavy (non-hydrogen) atoms. The summed E-state index contributed by atoms with van der Waals surface area (Å²) >= 11 is 1.88. The first kappa shape index (κ1) is 19.4. The fraction of sp³-hybridized carbons (Fsp3) is 0.529. The zero-order valence-electron chi connectivity index (χ0n) is 14.6. The third kappa shape index (κ3) is 8.50. The third-order valence-corrected chi connectivity index (χ3v) is 4.17. The van der Waals surface area contributed by atoms with E-state index in [1.54, 1.807) is 19.0 Å². The Morgan fingerprint density at radius 3 is 2.52 bits per heavy atom. The monoisotopic (exact) mass is 336 g/mol. The van der Waals surface area contributed by atoms with Crippen LogP contribution >= 0.6 is 11.8 Å². The molecule has 0 aliphatic rings. The molecule has 6 heteroatoms. The second-order valence-electron chi connectivity index (χ2n) is 5.45. The van der Waals surface area contributed by atoms with Gasteiger partial charge in [0.1, 0.15) is 6.54 Å². The summed E-state index contributed by atoms with van der Waals surface area (Å²) < 4.78 is 0. The molecule has 1 amide bonds. The van der Waals surface area contributed by atoms with Crippen molar-refractivity contribution >= 4 is 23.6 Å².